The van der Waals surface area contributed by atoms with Gasteiger partial charge in [-0.3, -0.25) is 0 Å². The number of rotatable bonds is 0. The maximum Gasteiger partial charge on any atom is 1.00 e. The van der Waals surface area contributed by atoms with E-state index >= 15 is 0 Å². The van der Waals surface area contributed by atoms with Crippen molar-refractivity contribution in [2.75, 3.05) is 0 Å². The van der Waals surface area contributed by atoms with E-state index in [1.807, 2.05) is 0 Å². The van der Waals surface area contributed by atoms with Crippen molar-refractivity contribution in [3.63, 3.8) is 0 Å². The Morgan fingerprint density at radius 3 is 1.60 bits per heavy atom. The van der Waals surface area contributed by atoms with E-state index in [1.54, 1.807) is 0 Å². The second-order valence-electron chi connectivity index (χ2n) is 0.0962. The molecule has 3 nitrogen and oxygen atoms in total. The van der Waals surface area contributed by atoms with Crippen LogP contribution in [0.15, 0.2) is 0 Å². The van der Waals surface area contributed by atoms with Gasteiger partial charge in [-0.25, -0.2) is 0 Å². The van der Waals surface area contributed by atoms with Gasteiger partial charge in [-0.05, 0) is 0 Å². The number of hydrogen-bond acceptors (Lipinski definition) is 2. The molecular weight excluding hydrogens is 81.8 g/mol. The molecule has 0 radical (unpaired) electrons. The summed E-state index contributed by atoms with van der Waals surface area (Å²) in [6, 6.07) is 0. The molecule has 0 saturated heterocycles. The molecule has 0 amide bonds. The molecule has 0 saturated carbocycles. The van der Waals surface area contributed by atoms with Gasteiger partial charge in [0, 0.05) is 0 Å². The van der Waals surface area contributed by atoms with Crippen LogP contribution in [0, 0.1) is 0 Å². The first-order valence-corrected chi connectivity index (χ1v) is 0.471. The summed E-state index contributed by atoms with van der Waals surface area (Å²) in [5.74, 6) is 0. The minimum absolute atomic E-state index is 0. The van der Waals surface area contributed by atoms with Crippen LogP contribution in [0.5, 0.6) is 0 Å². The van der Waals surface area contributed by atoms with Gasteiger partial charge in [-0.15, -0.1) is 0 Å². The van der Waals surface area contributed by atoms with Crippen molar-refractivity contribution in [2.45, 2.75) is 0 Å². The maximum atomic E-state index is 8.25. The Morgan fingerprint density at radius 2 is 1.60 bits per heavy atom. The Bertz CT molecular complexity index is 14.4. The Labute approximate surface area is 52.3 Å². The molecule has 0 aromatic rings. The zero-order chi connectivity index (χ0) is 2.71. The molecule has 0 aromatic heterocycles. The molecule has 5 heavy (non-hydrogen) atoms. The normalized spacial score (nSPS) is 1.60. The monoisotopic (exact) mass is 84.0 g/mol. The van der Waals surface area contributed by atoms with Crippen molar-refractivity contribution in [3.8, 4) is 0 Å². The Hall–Kier alpha value is 0.625. The molecule has 0 aliphatic rings. The van der Waals surface area contributed by atoms with E-state index in [1.165, 1.54) is 0 Å². The molecule has 0 atom stereocenters. The number of hydrogen-bond donors (Lipinski definition) is 0. The van der Waals surface area contributed by atoms with Gasteiger partial charge in [-0.1, -0.05) is 0 Å². The van der Waals surface area contributed by atoms with E-state index in [2.05, 4.69) is 0 Å². The molecule has 0 unspecified atom stereocenters. The van der Waals surface area contributed by atoms with Crippen molar-refractivity contribution in [2.24, 2.45) is 0 Å². The summed E-state index contributed by atoms with van der Waals surface area (Å²) < 4.78 is 8.25. The van der Waals surface area contributed by atoms with Crippen LogP contribution in [0.2, 0.25) is 0 Å². The third kappa shape index (κ3) is 81.6. The first-order chi connectivity index (χ1) is 1.41. The molecular formula is H2BNaO3. The van der Waals surface area contributed by atoms with Crippen LogP contribution in [0.1, 0.15) is 0 Å². The second kappa shape index (κ2) is 23.0. The van der Waals surface area contributed by atoms with Crippen molar-refractivity contribution in [3.05, 3.63) is 0 Å². The van der Waals surface area contributed by atoms with Gasteiger partial charge in [0.25, 0.3) is 0 Å². The quantitative estimate of drug-likeness (QED) is 0.274. The zero-order valence-corrected chi connectivity index (χ0v) is 4.89. The summed E-state index contributed by atoms with van der Waals surface area (Å²) in [6.07, 6.45) is 0. The van der Waals surface area contributed by atoms with Crippen molar-refractivity contribution in [1.29, 1.82) is 0 Å². The molecule has 0 bridgehead atoms. The minimum atomic E-state index is -0.500. The Morgan fingerprint density at radius 1 is 1.60 bits per heavy atom. The largest absolute Gasteiger partial charge is 1.00 e. The standard InChI is InChI=1S/BO2.Na.H2O/c2-1-3;;/h;;1H2/q-1;+1;. The zero-order valence-electron chi connectivity index (χ0n) is 2.89. The van der Waals surface area contributed by atoms with Crippen LogP contribution in [0.3, 0.4) is 0 Å². The van der Waals surface area contributed by atoms with Crippen LogP contribution in [-0.4, -0.2) is 12.8 Å². The van der Waals surface area contributed by atoms with Gasteiger partial charge in [0.15, 0.2) is 0 Å². The van der Waals surface area contributed by atoms with Gasteiger partial charge in [0.05, 0.1) is 0 Å². The SMILES string of the molecule is O.O=B[O-].[Na+]. The second-order valence-corrected chi connectivity index (χ2v) is 0.0962. The smallest absolute Gasteiger partial charge is 1.00 e. The van der Waals surface area contributed by atoms with E-state index in [9.17, 15) is 0 Å². The molecule has 0 aromatic carbocycles. The van der Waals surface area contributed by atoms with E-state index in [4.69, 9.17) is 9.73 Å². The summed E-state index contributed by atoms with van der Waals surface area (Å²) >= 11 is 0. The van der Waals surface area contributed by atoms with Gasteiger partial charge in [0.2, 0.25) is 0 Å². The minimum Gasteiger partial charge on any atom is 1.00 e. The van der Waals surface area contributed by atoms with Crippen LogP contribution in [0.25, 0.3) is 0 Å². The van der Waals surface area contributed by atoms with E-state index in [-0.39, 0.29) is 35.0 Å². The van der Waals surface area contributed by atoms with Crippen molar-refractivity contribution >= 4 is 7.35 Å². The first-order valence-electron chi connectivity index (χ1n) is 0.471. The average Bonchev–Trinajstić information content (AvgIpc) is 0.918. The van der Waals surface area contributed by atoms with Gasteiger partial charge < -0.3 is 5.48 Å². The Balaban J connectivity index is -0.0000000200. The molecule has 2 N–H and O–H groups in total. The van der Waals surface area contributed by atoms with Crippen molar-refractivity contribution < 1.29 is 44.8 Å². The molecule has 5 heteroatoms. The van der Waals surface area contributed by atoms with Gasteiger partial charge in [-0.2, -0.15) is 0 Å². The summed E-state index contributed by atoms with van der Waals surface area (Å²) in [5.41, 5.74) is 0. The molecule has 0 aliphatic heterocycles. The van der Waals surface area contributed by atoms with E-state index in [0.717, 1.165) is 0 Å². The van der Waals surface area contributed by atoms with E-state index in [0.29, 0.717) is 0 Å². The summed E-state index contributed by atoms with van der Waals surface area (Å²) in [4.78, 5) is 0. The summed E-state index contributed by atoms with van der Waals surface area (Å²) in [6.45, 7) is 0. The maximum absolute atomic E-state index is 8.25. The predicted octanol–water partition coefficient (Wildman–Crippen LogP) is -5.51. The third-order valence-electron chi connectivity index (χ3n) is 0. The Kier molecular flexibility index (Phi) is 80.4. The van der Waals surface area contributed by atoms with Gasteiger partial charge >= 0.3 is 46.6 Å². The molecule has 0 rings (SSSR count). The van der Waals surface area contributed by atoms with Crippen LogP contribution in [0.4, 0.5) is 0 Å². The van der Waals surface area contributed by atoms with Gasteiger partial charge in [0.1, 0.15) is 0 Å². The van der Waals surface area contributed by atoms with Crippen LogP contribution < -0.4 is 34.6 Å². The fourth-order valence-corrected chi connectivity index (χ4v) is 0. The molecule has 0 aliphatic carbocycles. The average molecular weight is 83.8 g/mol. The fraction of sp³-hybridized carbons (Fsp3) is 0. The summed E-state index contributed by atoms with van der Waals surface area (Å²) in [5, 5.41) is 8.25. The first kappa shape index (κ1) is 17.5. The van der Waals surface area contributed by atoms with Crippen LogP contribution in [-0.2, 0) is 4.70 Å². The fourth-order valence-electron chi connectivity index (χ4n) is 0. The molecule has 24 valence electrons. The topological polar surface area (TPSA) is 71.6 Å². The van der Waals surface area contributed by atoms with E-state index < -0.39 is 7.35 Å². The third-order valence-corrected chi connectivity index (χ3v) is 0. The molecule has 0 heterocycles. The summed E-state index contributed by atoms with van der Waals surface area (Å²) in [7, 11) is -0.500. The molecule has 0 spiro atoms. The molecule has 0 fully saturated rings. The van der Waals surface area contributed by atoms with Crippen LogP contribution >= 0.6 is 0 Å². The predicted molar refractivity (Wildman–Crippen MR) is 10.1 cm³/mol. The van der Waals surface area contributed by atoms with Crippen molar-refractivity contribution in [1.82, 2.24) is 0 Å².